The Morgan fingerprint density at radius 2 is 2.47 bits per heavy atom. The van der Waals surface area contributed by atoms with Gasteiger partial charge in [-0.1, -0.05) is 12.1 Å². The lowest BCUT2D eigenvalue weighted by molar-refractivity contribution is 0.318. The molecule has 0 aromatic carbocycles. The van der Waals surface area contributed by atoms with Gasteiger partial charge in [0.15, 0.2) is 5.84 Å². The number of thioether (sulfide) groups is 1. The number of pyridine rings is 1. The van der Waals surface area contributed by atoms with E-state index in [1.807, 2.05) is 24.8 Å². The summed E-state index contributed by atoms with van der Waals surface area (Å²) in [5.74, 6) is 2.05. The van der Waals surface area contributed by atoms with Gasteiger partial charge < -0.3 is 15.8 Å². The molecule has 0 aliphatic carbocycles. The second-order valence-electron chi connectivity index (χ2n) is 4.66. The number of amidine groups is 1. The van der Waals surface area contributed by atoms with Crippen LogP contribution in [0.3, 0.4) is 0 Å². The minimum absolute atomic E-state index is 0.131. The fourth-order valence-electron chi connectivity index (χ4n) is 2.31. The molecule has 0 amide bonds. The molecule has 104 valence electrons. The van der Waals surface area contributed by atoms with Crippen LogP contribution in [0.15, 0.2) is 17.4 Å². The molecule has 1 aromatic rings. The Morgan fingerprint density at radius 1 is 1.68 bits per heavy atom. The highest BCUT2D eigenvalue weighted by atomic mass is 32.2. The van der Waals surface area contributed by atoms with Gasteiger partial charge in [-0.25, -0.2) is 4.98 Å². The number of rotatable bonds is 3. The van der Waals surface area contributed by atoms with Gasteiger partial charge in [0.2, 0.25) is 0 Å². The molecule has 1 atom stereocenters. The Labute approximate surface area is 117 Å². The van der Waals surface area contributed by atoms with Gasteiger partial charge in [0, 0.05) is 30.3 Å². The number of aryl methyl sites for hydroxylation is 1. The lowest BCUT2D eigenvalue weighted by Crippen LogP contribution is -2.39. The van der Waals surface area contributed by atoms with E-state index in [1.165, 1.54) is 0 Å². The molecule has 2 heterocycles. The van der Waals surface area contributed by atoms with Crippen LogP contribution in [0.4, 0.5) is 5.82 Å². The summed E-state index contributed by atoms with van der Waals surface area (Å²) in [6.45, 7) is 6.07. The normalized spacial score (nSPS) is 20.6. The van der Waals surface area contributed by atoms with Crippen molar-refractivity contribution in [2.45, 2.75) is 25.5 Å². The first-order valence-corrected chi connectivity index (χ1v) is 7.52. The summed E-state index contributed by atoms with van der Waals surface area (Å²) in [6, 6.07) is 1.88. The minimum atomic E-state index is 0.131. The molecule has 1 unspecified atom stereocenters. The molecular formula is C13H20N4OS. The van der Waals surface area contributed by atoms with Crippen molar-refractivity contribution in [3.05, 3.63) is 23.4 Å². The second-order valence-corrected chi connectivity index (χ2v) is 6.07. The molecule has 0 spiro atoms. The Kier molecular flexibility index (Phi) is 4.52. The molecule has 0 radical (unpaired) electrons. The lowest BCUT2D eigenvalue weighted by Gasteiger charge is -2.34. The van der Waals surface area contributed by atoms with Crippen LogP contribution >= 0.6 is 11.8 Å². The molecule has 5 nitrogen and oxygen atoms in total. The van der Waals surface area contributed by atoms with Gasteiger partial charge >= 0.3 is 0 Å². The summed E-state index contributed by atoms with van der Waals surface area (Å²) >= 11 is 2.01. The zero-order chi connectivity index (χ0) is 13.8. The van der Waals surface area contributed by atoms with Gasteiger partial charge in [0.25, 0.3) is 0 Å². The number of aromatic nitrogens is 1. The van der Waals surface area contributed by atoms with Crippen molar-refractivity contribution in [2.75, 3.05) is 23.7 Å². The Hall–Kier alpha value is -1.43. The largest absolute Gasteiger partial charge is 0.409 e. The van der Waals surface area contributed by atoms with Gasteiger partial charge in [-0.15, -0.1) is 0 Å². The monoisotopic (exact) mass is 280 g/mol. The predicted molar refractivity (Wildman–Crippen MR) is 80.2 cm³/mol. The van der Waals surface area contributed by atoms with Gasteiger partial charge in [0.1, 0.15) is 5.82 Å². The van der Waals surface area contributed by atoms with E-state index < -0.39 is 0 Å². The zero-order valence-electron chi connectivity index (χ0n) is 11.3. The second kappa shape index (κ2) is 6.14. The maximum absolute atomic E-state index is 8.95. The molecule has 3 N–H and O–H groups in total. The van der Waals surface area contributed by atoms with Crippen LogP contribution in [0.2, 0.25) is 0 Å². The van der Waals surface area contributed by atoms with Crippen LogP contribution in [-0.2, 0) is 0 Å². The molecule has 1 aromatic heterocycles. The van der Waals surface area contributed by atoms with E-state index in [0.29, 0.717) is 5.25 Å². The maximum atomic E-state index is 8.95. The highest BCUT2D eigenvalue weighted by Gasteiger charge is 2.23. The SMILES string of the molecule is CCC1CN(c2nccc(C)c2/C(N)=N/O)CCS1. The van der Waals surface area contributed by atoms with E-state index in [1.54, 1.807) is 6.20 Å². The Balaban J connectivity index is 2.36. The van der Waals surface area contributed by atoms with Crippen molar-refractivity contribution in [3.63, 3.8) is 0 Å². The number of hydrogen-bond acceptors (Lipinski definition) is 5. The molecule has 1 fully saturated rings. The summed E-state index contributed by atoms with van der Waals surface area (Å²) in [5.41, 5.74) is 7.52. The molecule has 19 heavy (non-hydrogen) atoms. The highest BCUT2D eigenvalue weighted by molar-refractivity contribution is 8.00. The average Bonchev–Trinajstić information content (AvgIpc) is 2.46. The Morgan fingerprint density at radius 3 is 3.16 bits per heavy atom. The van der Waals surface area contributed by atoms with E-state index in [-0.39, 0.29) is 5.84 Å². The quantitative estimate of drug-likeness (QED) is 0.382. The van der Waals surface area contributed by atoms with Crippen molar-refractivity contribution < 1.29 is 5.21 Å². The first kappa shape index (κ1) is 14.0. The number of nitrogens with two attached hydrogens (primary N) is 1. The van der Waals surface area contributed by atoms with E-state index in [9.17, 15) is 0 Å². The molecule has 0 saturated carbocycles. The lowest BCUT2D eigenvalue weighted by atomic mass is 10.1. The molecule has 0 bridgehead atoms. The fourth-order valence-corrected chi connectivity index (χ4v) is 3.49. The maximum Gasteiger partial charge on any atom is 0.174 e. The Bertz CT molecular complexity index is 478. The van der Waals surface area contributed by atoms with E-state index in [4.69, 9.17) is 10.9 Å². The summed E-state index contributed by atoms with van der Waals surface area (Å²) in [5, 5.41) is 12.7. The summed E-state index contributed by atoms with van der Waals surface area (Å²) in [7, 11) is 0. The van der Waals surface area contributed by atoms with Crippen molar-refractivity contribution >= 4 is 23.4 Å². The standard InChI is InChI=1S/C13H20N4OS/c1-3-10-8-17(6-7-19-10)13-11(12(14)16-18)9(2)4-5-15-13/h4-5,10,18H,3,6-8H2,1-2H3,(H2,14,16). The van der Waals surface area contributed by atoms with Crippen LogP contribution in [0, 0.1) is 6.92 Å². The van der Waals surface area contributed by atoms with Crippen LogP contribution in [-0.4, -0.2) is 40.1 Å². The average molecular weight is 280 g/mol. The molecule has 6 heteroatoms. The minimum Gasteiger partial charge on any atom is -0.409 e. The first-order valence-electron chi connectivity index (χ1n) is 6.47. The van der Waals surface area contributed by atoms with E-state index >= 15 is 0 Å². The third-order valence-electron chi connectivity index (χ3n) is 3.40. The van der Waals surface area contributed by atoms with Gasteiger partial charge in [-0.05, 0) is 25.0 Å². The van der Waals surface area contributed by atoms with Gasteiger partial charge in [0.05, 0.1) is 5.56 Å². The molecule has 2 rings (SSSR count). The zero-order valence-corrected chi connectivity index (χ0v) is 12.2. The van der Waals surface area contributed by atoms with Crippen molar-refractivity contribution in [3.8, 4) is 0 Å². The highest BCUT2D eigenvalue weighted by Crippen LogP contribution is 2.27. The van der Waals surface area contributed by atoms with Crippen molar-refractivity contribution in [1.29, 1.82) is 0 Å². The summed E-state index contributed by atoms with van der Waals surface area (Å²) in [6.07, 6.45) is 2.92. The number of hydrogen-bond donors (Lipinski definition) is 2. The van der Waals surface area contributed by atoms with Gasteiger partial charge in [-0.2, -0.15) is 11.8 Å². The topological polar surface area (TPSA) is 74.7 Å². The molecule has 1 saturated heterocycles. The van der Waals surface area contributed by atoms with Crippen LogP contribution < -0.4 is 10.6 Å². The molecule has 1 aliphatic rings. The molecular weight excluding hydrogens is 260 g/mol. The fraction of sp³-hybridized carbons (Fsp3) is 0.538. The van der Waals surface area contributed by atoms with Crippen LogP contribution in [0.25, 0.3) is 0 Å². The van der Waals surface area contributed by atoms with E-state index in [2.05, 4.69) is 22.0 Å². The summed E-state index contributed by atoms with van der Waals surface area (Å²) < 4.78 is 0. The van der Waals surface area contributed by atoms with Crippen molar-refractivity contribution in [2.24, 2.45) is 10.9 Å². The first-order chi connectivity index (χ1) is 9.17. The third kappa shape index (κ3) is 2.94. The third-order valence-corrected chi connectivity index (χ3v) is 4.77. The van der Waals surface area contributed by atoms with Gasteiger partial charge in [-0.3, -0.25) is 0 Å². The van der Waals surface area contributed by atoms with Crippen LogP contribution in [0.5, 0.6) is 0 Å². The number of oxime groups is 1. The number of anilines is 1. The van der Waals surface area contributed by atoms with Crippen LogP contribution in [0.1, 0.15) is 24.5 Å². The number of nitrogens with zero attached hydrogens (tertiary/aromatic N) is 3. The van der Waals surface area contributed by atoms with Crippen molar-refractivity contribution in [1.82, 2.24) is 4.98 Å². The smallest absolute Gasteiger partial charge is 0.174 e. The molecule has 1 aliphatic heterocycles. The summed E-state index contributed by atoms with van der Waals surface area (Å²) in [4.78, 5) is 6.69. The predicted octanol–water partition coefficient (Wildman–Crippen LogP) is 1.82. The van der Waals surface area contributed by atoms with E-state index in [0.717, 1.165) is 42.2 Å².